The van der Waals surface area contributed by atoms with Gasteiger partial charge in [0.2, 0.25) is 0 Å². The van der Waals surface area contributed by atoms with Crippen molar-refractivity contribution in [2.75, 3.05) is 13.1 Å². The number of H-pyrrole nitrogens is 1. The van der Waals surface area contributed by atoms with Crippen molar-refractivity contribution < 1.29 is 4.79 Å². The number of carbonyl (C=O) groups excluding carboxylic acids is 1. The van der Waals surface area contributed by atoms with Gasteiger partial charge in [0.25, 0.3) is 5.91 Å². The van der Waals surface area contributed by atoms with Crippen LogP contribution in [0.2, 0.25) is 0 Å². The van der Waals surface area contributed by atoms with Gasteiger partial charge in [-0.25, -0.2) is 0 Å². The Hall–Kier alpha value is -2.63. The van der Waals surface area contributed by atoms with Gasteiger partial charge >= 0.3 is 0 Å². The number of amides is 1. The second-order valence-corrected chi connectivity index (χ2v) is 7.16. The van der Waals surface area contributed by atoms with Crippen molar-refractivity contribution in [1.82, 2.24) is 24.5 Å². The van der Waals surface area contributed by atoms with Crippen molar-refractivity contribution in [2.24, 2.45) is 0 Å². The van der Waals surface area contributed by atoms with Gasteiger partial charge in [-0.05, 0) is 49.8 Å². The zero-order valence-corrected chi connectivity index (χ0v) is 14.1. The van der Waals surface area contributed by atoms with Crippen LogP contribution in [0.4, 0.5) is 0 Å². The first-order valence-electron chi connectivity index (χ1n) is 9.07. The Morgan fingerprint density at radius 1 is 1.12 bits per heavy atom. The zero-order valence-electron chi connectivity index (χ0n) is 14.1. The number of piperidine rings is 1. The highest BCUT2D eigenvalue weighted by molar-refractivity contribution is 5.95. The molecule has 6 nitrogen and oxygen atoms in total. The second-order valence-electron chi connectivity index (χ2n) is 7.16. The van der Waals surface area contributed by atoms with Gasteiger partial charge in [-0.1, -0.05) is 6.07 Å². The van der Waals surface area contributed by atoms with E-state index in [1.807, 2.05) is 46.0 Å². The number of nitrogens with zero attached hydrogens (tertiary/aromatic N) is 4. The van der Waals surface area contributed by atoms with E-state index in [9.17, 15) is 4.79 Å². The van der Waals surface area contributed by atoms with E-state index in [2.05, 4.69) is 15.2 Å². The first kappa shape index (κ1) is 14.7. The molecule has 3 aromatic rings. The fraction of sp³-hybridized carbons (Fsp3) is 0.421. The third kappa shape index (κ3) is 2.52. The highest BCUT2D eigenvalue weighted by Gasteiger charge is 2.33. The van der Waals surface area contributed by atoms with Gasteiger partial charge in [0.05, 0.1) is 5.56 Å². The van der Waals surface area contributed by atoms with Crippen LogP contribution in [-0.4, -0.2) is 43.5 Å². The summed E-state index contributed by atoms with van der Waals surface area (Å²) in [5.74, 6) is 1.90. The molecule has 4 heterocycles. The summed E-state index contributed by atoms with van der Waals surface area (Å²) in [5.41, 5.74) is 2.84. The summed E-state index contributed by atoms with van der Waals surface area (Å²) >= 11 is 0. The number of aromatic nitrogens is 4. The van der Waals surface area contributed by atoms with E-state index in [-0.39, 0.29) is 11.8 Å². The van der Waals surface area contributed by atoms with Crippen molar-refractivity contribution >= 4 is 11.6 Å². The van der Waals surface area contributed by atoms with Gasteiger partial charge in [-0.3, -0.25) is 9.20 Å². The molecule has 1 aliphatic heterocycles. The number of fused-ring (bicyclic) bond motifs is 1. The molecule has 1 N–H and O–H groups in total. The Labute approximate surface area is 145 Å². The maximum absolute atomic E-state index is 13.1. The Bertz CT molecular complexity index is 923. The number of hydrogen-bond acceptors (Lipinski definition) is 3. The van der Waals surface area contributed by atoms with Gasteiger partial charge in [0, 0.05) is 37.1 Å². The summed E-state index contributed by atoms with van der Waals surface area (Å²) in [6.45, 7) is 1.53. The third-order valence-corrected chi connectivity index (χ3v) is 5.41. The molecule has 1 saturated carbocycles. The van der Waals surface area contributed by atoms with Gasteiger partial charge in [0.1, 0.15) is 5.82 Å². The molecule has 0 radical (unpaired) electrons. The number of pyridine rings is 1. The summed E-state index contributed by atoms with van der Waals surface area (Å²) < 4.78 is 2.05. The number of hydrogen-bond donors (Lipinski definition) is 1. The summed E-state index contributed by atoms with van der Waals surface area (Å²) in [6.07, 6.45) is 8.32. The van der Waals surface area contributed by atoms with Gasteiger partial charge in [0.15, 0.2) is 5.65 Å². The number of likely N-dealkylation sites (tertiary alicyclic amines) is 1. The van der Waals surface area contributed by atoms with Crippen molar-refractivity contribution in [3.05, 3.63) is 53.7 Å². The monoisotopic (exact) mass is 335 g/mol. The van der Waals surface area contributed by atoms with E-state index >= 15 is 0 Å². The Kier molecular flexibility index (Phi) is 3.36. The molecule has 5 rings (SSSR count). The lowest BCUT2D eigenvalue weighted by Gasteiger charge is -2.32. The SMILES string of the molecule is O=C(c1cc[nH]c1C1CC1)N1CCCC(c2nnc3ccccn23)C1. The molecule has 1 saturated heterocycles. The first-order chi connectivity index (χ1) is 12.3. The standard InChI is InChI=1S/C19H21N5O/c25-19(15-8-9-20-17(15)13-6-7-13)23-10-3-4-14(12-23)18-22-21-16-5-1-2-11-24(16)18/h1-2,5,8-9,11,13-14,20H,3-4,6-7,10,12H2. The Morgan fingerprint density at radius 2 is 2.04 bits per heavy atom. The minimum Gasteiger partial charge on any atom is -0.364 e. The zero-order chi connectivity index (χ0) is 16.8. The van der Waals surface area contributed by atoms with Crippen molar-refractivity contribution in [3.8, 4) is 0 Å². The lowest BCUT2D eigenvalue weighted by Crippen LogP contribution is -2.39. The fourth-order valence-electron chi connectivity index (χ4n) is 3.96. The number of rotatable bonds is 3. The molecular formula is C19H21N5O. The molecule has 2 fully saturated rings. The van der Waals surface area contributed by atoms with Crippen LogP contribution in [0, 0.1) is 0 Å². The largest absolute Gasteiger partial charge is 0.364 e. The number of nitrogens with one attached hydrogen (secondary N) is 1. The summed E-state index contributed by atoms with van der Waals surface area (Å²) in [7, 11) is 0. The maximum Gasteiger partial charge on any atom is 0.255 e. The van der Waals surface area contributed by atoms with Gasteiger partial charge in [-0.2, -0.15) is 0 Å². The quantitative estimate of drug-likeness (QED) is 0.800. The van der Waals surface area contributed by atoms with Crippen molar-refractivity contribution in [3.63, 3.8) is 0 Å². The van der Waals surface area contributed by atoms with Gasteiger partial charge in [-0.15, -0.1) is 10.2 Å². The van der Waals surface area contributed by atoms with Crippen LogP contribution in [0.1, 0.15) is 59.4 Å². The van der Waals surface area contributed by atoms with E-state index in [4.69, 9.17) is 0 Å². The van der Waals surface area contributed by atoms with Crippen LogP contribution in [-0.2, 0) is 0 Å². The normalized spacial score (nSPS) is 21.0. The van der Waals surface area contributed by atoms with Crippen LogP contribution in [0.5, 0.6) is 0 Å². The Balaban J connectivity index is 1.40. The van der Waals surface area contributed by atoms with Crippen LogP contribution in [0.15, 0.2) is 36.7 Å². The minimum atomic E-state index is 0.154. The van der Waals surface area contributed by atoms with E-state index < -0.39 is 0 Å². The molecule has 1 aliphatic carbocycles. The second kappa shape index (κ2) is 5.72. The van der Waals surface area contributed by atoms with Gasteiger partial charge < -0.3 is 9.88 Å². The van der Waals surface area contributed by atoms with E-state index in [1.165, 1.54) is 12.8 Å². The third-order valence-electron chi connectivity index (χ3n) is 5.41. The number of aromatic amines is 1. The summed E-state index contributed by atoms with van der Waals surface area (Å²) in [5, 5.41) is 8.66. The lowest BCUT2D eigenvalue weighted by atomic mass is 9.96. The van der Waals surface area contributed by atoms with Crippen LogP contribution < -0.4 is 0 Å². The molecule has 0 aromatic carbocycles. The molecule has 1 amide bonds. The van der Waals surface area contributed by atoms with E-state index in [1.54, 1.807) is 0 Å². The predicted molar refractivity (Wildman–Crippen MR) is 93.6 cm³/mol. The molecule has 2 aliphatic rings. The molecular weight excluding hydrogens is 314 g/mol. The average molecular weight is 335 g/mol. The predicted octanol–water partition coefficient (Wildman–Crippen LogP) is 2.95. The van der Waals surface area contributed by atoms with Crippen molar-refractivity contribution in [2.45, 2.75) is 37.5 Å². The topological polar surface area (TPSA) is 66.3 Å². The molecule has 3 aromatic heterocycles. The summed E-state index contributed by atoms with van der Waals surface area (Å²) in [4.78, 5) is 18.3. The molecule has 1 atom stereocenters. The van der Waals surface area contributed by atoms with Crippen LogP contribution >= 0.6 is 0 Å². The highest BCUT2D eigenvalue weighted by atomic mass is 16.2. The fourth-order valence-corrected chi connectivity index (χ4v) is 3.96. The van der Waals surface area contributed by atoms with E-state index in [0.717, 1.165) is 42.1 Å². The average Bonchev–Trinajstić information content (AvgIpc) is 3.22. The lowest BCUT2D eigenvalue weighted by molar-refractivity contribution is 0.0703. The molecule has 25 heavy (non-hydrogen) atoms. The number of carbonyl (C=O) groups is 1. The molecule has 1 unspecified atom stereocenters. The molecule has 128 valence electrons. The summed E-state index contributed by atoms with van der Waals surface area (Å²) in [6, 6.07) is 7.86. The molecule has 0 spiro atoms. The Morgan fingerprint density at radius 3 is 2.92 bits per heavy atom. The maximum atomic E-state index is 13.1. The van der Waals surface area contributed by atoms with Crippen molar-refractivity contribution in [1.29, 1.82) is 0 Å². The molecule has 6 heteroatoms. The van der Waals surface area contributed by atoms with Crippen LogP contribution in [0.3, 0.4) is 0 Å². The van der Waals surface area contributed by atoms with E-state index in [0.29, 0.717) is 12.5 Å². The van der Waals surface area contributed by atoms with Crippen LogP contribution in [0.25, 0.3) is 5.65 Å². The smallest absolute Gasteiger partial charge is 0.255 e. The highest BCUT2D eigenvalue weighted by Crippen LogP contribution is 2.41. The minimum absolute atomic E-state index is 0.154. The first-order valence-corrected chi connectivity index (χ1v) is 9.07. The molecule has 0 bridgehead atoms.